The highest BCUT2D eigenvalue weighted by molar-refractivity contribution is 5.96. The predicted octanol–water partition coefficient (Wildman–Crippen LogP) is 1.16. The van der Waals surface area contributed by atoms with E-state index in [9.17, 15) is 4.79 Å². The van der Waals surface area contributed by atoms with Crippen LogP contribution in [-0.2, 0) is 13.1 Å². The van der Waals surface area contributed by atoms with Crippen molar-refractivity contribution >= 4 is 5.78 Å². The maximum absolute atomic E-state index is 12.2. The molecule has 0 spiro atoms. The Bertz CT molecular complexity index is 619. The number of nitrogens with two attached hydrogens (primary N) is 1. The first-order chi connectivity index (χ1) is 9.74. The lowest BCUT2D eigenvalue weighted by atomic mass is 10.1. The molecule has 6 nitrogen and oxygen atoms in total. The number of carbonyl (C=O) groups is 1. The van der Waals surface area contributed by atoms with Gasteiger partial charge in [-0.25, -0.2) is 4.68 Å². The van der Waals surface area contributed by atoms with Crippen molar-refractivity contribution in [3.8, 4) is 5.75 Å². The van der Waals surface area contributed by atoms with Crippen molar-refractivity contribution in [3.05, 3.63) is 41.7 Å². The molecule has 0 radical (unpaired) electrons. The summed E-state index contributed by atoms with van der Waals surface area (Å²) in [6.07, 6.45) is 4.20. The molecule has 3 rings (SSSR count). The number of aromatic nitrogens is 3. The molecule has 104 valence electrons. The van der Waals surface area contributed by atoms with Gasteiger partial charge in [0.2, 0.25) is 0 Å². The molecular weight excluding hydrogens is 256 g/mol. The Labute approximate surface area is 116 Å². The minimum absolute atomic E-state index is 0.0280. The summed E-state index contributed by atoms with van der Waals surface area (Å²) < 4.78 is 7.18. The second kappa shape index (κ2) is 5.42. The standard InChI is InChI=1S/C14H16N4O2/c15-7-11-8-18(17-16-11)9-14(19)10-2-1-3-13(6-10)20-12-4-5-12/h1-3,6,8,12H,4-5,7,9,15H2. The molecule has 1 aromatic heterocycles. The van der Waals surface area contributed by atoms with E-state index >= 15 is 0 Å². The minimum Gasteiger partial charge on any atom is -0.490 e. The highest BCUT2D eigenvalue weighted by Gasteiger charge is 2.23. The number of Topliss-reactive ketones (excluding diaryl/α,β-unsaturated/α-hetero) is 1. The minimum atomic E-state index is -0.0280. The molecule has 1 aromatic carbocycles. The average molecular weight is 272 g/mol. The monoisotopic (exact) mass is 272 g/mol. The molecule has 0 atom stereocenters. The zero-order valence-corrected chi connectivity index (χ0v) is 11.0. The highest BCUT2D eigenvalue weighted by Crippen LogP contribution is 2.27. The van der Waals surface area contributed by atoms with Crippen LogP contribution < -0.4 is 10.5 Å². The zero-order chi connectivity index (χ0) is 13.9. The third kappa shape index (κ3) is 3.03. The molecule has 0 amide bonds. The van der Waals surface area contributed by atoms with Crippen molar-refractivity contribution < 1.29 is 9.53 Å². The second-order valence-corrected chi connectivity index (χ2v) is 4.88. The highest BCUT2D eigenvalue weighted by atomic mass is 16.5. The van der Waals surface area contributed by atoms with E-state index in [1.54, 1.807) is 18.3 Å². The lowest BCUT2D eigenvalue weighted by Crippen LogP contribution is -2.11. The van der Waals surface area contributed by atoms with Gasteiger partial charge in [0.05, 0.1) is 18.0 Å². The van der Waals surface area contributed by atoms with Crippen molar-refractivity contribution in [3.63, 3.8) is 0 Å². The third-order valence-corrected chi connectivity index (χ3v) is 3.08. The van der Waals surface area contributed by atoms with Crippen molar-refractivity contribution in [2.45, 2.75) is 32.0 Å². The molecule has 0 saturated heterocycles. The van der Waals surface area contributed by atoms with Crippen molar-refractivity contribution in [1.29, 1.82) is 0 Å². The number of nitrogens with zero attached hydrogens (tertiary/aromatic N) is 3. The van der Waals surface area contributed by atoms with Crippen LogP contribution >= 0.6 is 0 Å². The van der Waals surface area contributed by atoms with Gasteiger partial charge in [0.1, 0.15) is 12.3 Å². The van der Waals surface area contributed by atoms with Crippen LogP contribution in [0.2, 0.25) is 0 Å². The molecule has 1 heterocycles. The third-order valence-electron chi connectivity index (χ3n) is 3.08. The summed E-state index contributed by atoms with van der Waals surface area (Å²) in [4.78, 5) is 12.2. The summed E-state index contributed by atoms with van der Waals surface area (Å²) >= 11 is 0. The van der Waals surface area contributed by atoms with Gasteiger partial charge in [-0.15, -0.1) is 5.10 Å². The summed E-state index contributed by atoms with van der Waals surface area (Å²) in [6.45, 7) is 0.471. The van der Waals surface area contributed by atoms with Gasteiger partial charge in [0.25, 0.3) is 0 Å². The molecule has 1 aliphatic carbocycles. The van der Waals surface area contributed by atoms with Crippen molar-refractivity contribution in [2.75, 3.05) is 0 Å². The van der Waals surface area contributed by atoms with Gasteiger partial charge >= 0.3 is 0 Å². The number of hydrogen-bond acceptors (Lipinski definition) is 5. The number of benzene rings is 1. The van der Waals surface area contributed by atoms with Crippen LogP contribution in [0.5, 0.6) is 5.75 Å². The van der Waals surface area contributed by atoms with Crippen LogP contribution in [0.4, 0.5) is 0 Å². The number of ether oxygens (including phenoxy) is 1. The lowest BCUT2D eigenvalue weighted by Gasteiger charge is -2.06. The van der Waals surface area contributed by atoms with Gasteiger partial charge in [-0.2, -0.15) is 0 Å². The number of rotatable bonds is 6. The Morgan fingerprint density at radius 2 is 2.30 bits per heavy atom. The number of carbonyl (C=O) groups excluding carboxylic acids is 1. The second-order valence-electron chi connectivity index (χ2n) is 4.88. The van der Waals surface area contributed by atoms with E-state index in [1.807, 2.05) is 12.1 Å². The summed E-state index contributed by atoms with van der Waals surface area (Å²) in [5.74, 6) is 0.722. The molecule has 0 aliphatic heterocycles. The first kappa shape index (κ1) is 12.8. The average Bonchev–Trinajstić information content (AvgIpc) is 3.15. The van der Waals surface area contributed by atoms with Crippen molar-refractivity contribution in [1.82, 2.24) is 15.0 Å². The van der Waals surface area contributed by atoms with Gasteiger partial charge in [-0.05, 0) is 25.0 Å². The smallest absolute Gasteiger partial charge is 0.184 e. The fourth-order valence-corrected chi connectivity index (χ4v) is 1.87. The summed E-state index contributed by atoms with van der Waals surface area (Å²) in [7, 11) is 0. The summed E-state index contributed by atoms with van der Waals surface area (Å²) in [5.41, 5.74) is 6.75. The van der Waals surface area contributed by atoms with E-state index in [4.69, 9.17) is 10.5 Å². The summed E-state index contributed by atoms with van der Waals surface area (Å²) in [5, 5.41) is 7.73. The van der Waals surface area contributed by atoms with Gasteiger partial charge < -0.3 is 10.5 Å². The molecule has 20 heavy (non-hydrogen) atoms. The maximum atomic E-state index is 12.2. The van der Waals surface area contributed by atoms with Gasteiger partial charge in [0, 0.05) is 12.1 Å². The molecule has 1 saturated carbocycles. The molecule has 1 fully saturated rings. The Hall–Kier alpha value is -2.21. The molecule has 1 aliphatic rings. The first-order valence-corrected chi connectivity index (χ1v) is 6.63. The van der Waals surface area contributed by atoms with E-state index < -0.39 is 0 Å². The lowest BCUT2D eigenvalue weighted by molar-refractivity contribution is 0.0966. The van der Waals surface area contributed by atoms with Crippen LogP contribution in [-0.4, -0.2) is 26.9 Å². The Balaban J connectivity index is 1.69. The van der Waals surface area contributed by atoms with Gasteiger partial charge in [-0.1, -0.05) is 17.3 Å². The maximum Gasteiger partial charge on any atom is 0.184 e. The zero-order valence-electron chi connectivity index (χ0n) is 11.0. The van der Waals surface area contributed by atoms with E-state index in [1.165, 1.54) is 4.68 Å². The predicted molar refractivity (Wildman–Crippen MR) is 72.3 cm³/mol. The molecule has 6 heteroatoms. The van der Waals surface area contributed by atoms with Crippen LogP contribution in [0.15, 0.2) is 30.5 Å². The Morgan fingerprint density at radius 1 is 1.45 bits per heavy atom. The SMILES string of the molecule is NCc1cn(CC(=O)c2cccc(OC3CC3)c2)nn1. The molecule has 0 unspecified atom stereocenters. The quantitative estimate of drug-likeness (QED) is 0.798. The summed E-state index contributed by atoms with van der Waals surface area (Å²) in [6, 6.07) is 7.26. The van der Waals surface area contributed by atoms with Gasteiger partial charge in [0.15, 0.2) is 5.78 Å². The van der Waals surface area contributed by atoms with E-state index in [0.717, 1.165) is 18.6 Å². The largest absolute Gasteiger partial charge is 0.490 e. The van der Waals surface area contributed by atoms with E-state index in [-0.39, 0.29) is 12.3 Å². The normalized spacial score (nSPS) is 14.2. The first-order valence-electron chi connectivity index (χ1n) is 6.63. The Kier molecular flexibility index (Phi) is 3.47. The molecule has 0 bridgehead atoms. The number of hydrogen-bond donors (Lipinski definition) is 1. The molecule has 2 aromatic rings. The topological polar surface area (TPSA) is 83.0 Å². The van der Waals surface area contributed by atoms with Gasteiger partial charge in [-0.3, -0.25) is 4.79 Å². The van der Waals surface area contributed by atoms with E-state index in [2.05, 4.69) is 10.3 Å². The van der Waals surface area contributed by atoms with Crippen LogP contribution in [0.1, 0.15) is 28.9 Å². The van der Waals surface area contributed by atoms with Crippen LogP contribution in [0.25, 0.3) is 0 Å². The fourth-order valence-electron chi connectivity index (χ4n) is 1.87. The van der Waals surface area contributed by atoms with E-state index in [0.29, 0.717) is 23.9 Å². The molecule has 2 N–H and O–H groups in total. The van der Waals surface area contributed by atoms with Crippen LogP contribution in [0.3, 0.4) is 0 Å². The Morgan fingerprint density at radius 3 is 3.00 bits per heavy atom. The molecular formula is C14H16N4O2. The van der Waals surface area contributed by atoms with Crippen molar-refractivity contribution in [2.24, 2.45) is 5.73 Å². The fraction of sp³-hybridized carbons (Fsp3) is 0.357. The van der Waals surface area contributed by atoms with Crippen LogP contribution in [0, 0.1) is 0 Å². The number of ketones is 1.